The van der Waals surface area contributed by atoms with Crippen LogP contribution in [0.5, 0.6) is 0 Å². The van der Waals surface area contributed by atoms with Crippen molar-refractivity contribution >= 4 is 34.7 Å². The molecule has 2 atom stereocenters. The summed E-state index contributed by atoms with van der Waals surface area (Å²) in [5, 5.41) is 10.8. The molecule has 6 heteroatoms. The van der Waals surface area contributed by atoms with Gasteiger partial charge in [-0.25, -0.2) is 0 Å². The Bertz CT molecular complexity index is 927. The Morgan fingerprint density at radius 1 is 1.28 bits per heavy atom. The second-order valence-electron chi connectivity index (χ2n) is 6.58. The van der Waals surface area contributed by atoms with Gasteiger partial charge in [-0.3, -0.25) is 15.1 Å². The monoisotopic (exact) mass is 354 g/mol. The summed E-state index contributed by atoms with van der Waals surface area (Å²) in [7, 11) is 0. The van der Waals surface area contributed by atoms with Gasteiger partial charge in [-0.2, -0.15) is 4.39 Å². The maximum atomic E-state index is 14.0. The standard InChI is InChI=1S/C19H15FN2O2S/c20-15-9-12(5-7-17(15)22(23)24)13-6-8-18(25)19(10-13)11-21-16-4-2-1-3-14(16)19/h1-5,7,9,11,13H,6,8,10H2. The van der Waals surface area contributed by atoms with Crippen molar-refractivity contribution in [3.05, 3.63) is 69.5 Å². The molecule has 1 saturated carbocycles. The zero-order chi connectivity index (χ0) is 17.6. The molecule has 2 aromatic carbocycles. The van der Waals surface area contributed by atoms with Crippen molar-refractivity contribution in [1.29, 1.82) is 0 Å². The minimum atomic E-state index is -0.787. The van der Waals surface area contributed by atoms with Crippen molar-refractivity contribution in [2.24, 2.45) is 4.99 Å². The van der Waals surface area contributed by atoms with Crippen LogP contribution in [0.25, 0.3) is 0 Å². The maximum absolute atomic E-state index is 14.0. The number of nitro groups is 1. The molecule has 0 radical (unpaired) electrons. The SMILES string of the molecule is O=[N+]([O-])c1ccc(C2CCC(=S)C3(C=Nc4ccccc43)C2)cc1F. The molecule has 1 aliphatic heterocycles. The molecule has 0 bridgehead atoms. The highest BCUT2D eigenvalue weighted by Gasteiger charge is 2.44. The molecule has 2 aliphatic rings. The van der Waals surface area contributed by atoms with E-state index in [2.05, 4.69) is 4.99 Å². The molecule has 4 nitrogen and oxygen atoms in total. The van der Waals surface area contributed by atoms with E-state index in [1.165, 1.54) is 12.1 Å². The number of fused-ring (bicyclic) bond motifs is 2. The van der Waals surface area contributed by atoms with Crippen LogP contribution in [0.1, 0.15) is 36.3 Å². The fourth-order valence-electron chi connectivity index (χ4n) is 3.94. The molecule has 0 N–H and O–H groups in total. The molecule has 1 spiro atoms. The Kier molecular flexibility index (Phi) is 3.72. The molecule has 1 aliphatic carbocycles. The lowest BCUT2D eigenvalue weighted by Gasteiger charge is -2.38. The summed E-state index contributed by atoms with van der Waals surface area (Å²) in [6.45, 7) is 0. The van der Waals surface area contributed by atoms with Crippen molar-refractivity contribution in [3.8, 4) is 0 Å². The van der Waals surface area contributed by atoms with E-state index >= 15 is 0 Å². The minimum Gasteiger partial charge on any atom is -0.260 e. The molecule has 4 rings (SSSR count). The third-order valence-electron chi connectivity index (χ3n) is 5.23. The summed E-state index contributed by atoms with van der Waals surface area (Å²) in [5.41, 5.74) is 1.93. The Morgan fingerprint density at radius 3 is 2.84 bits per heavy atom. The van der Waals surface area contributed by atoms with Crippen molar-refractivity contribution in [1.82, 2.24) is 0 Å². The van der Waals surface area contributed by atoms with Gasteiger partial charge in [0.05, 0.1) is 16.0 Å². The number of nitrogens with zero attached hydrogens (tertiary/aromatic N) is 2. The average molecular weight is 354 g/mol. The topological polar surface area (TPSA) is 55.5 Å². The molecule has 25 heavy (non-hydrogen) atoms. The first-order chi connectivity index (χ1) is 12.0. The number of nitro benzene ring substituents is 1. The van der Waals surface area contributed by atoms with Crippen LogP contribution < -0.4 is 0 Å². The number of thiocarbonyl (C=S) groups is 1. The first kappa shape index (κ1) is 16.0. The van der Waals surface area contributed by atoms with Crippen molar-refractivity contribution in [2.45, 2.75) is 30.6 Å². The molecule has 2 aromatic rings. The number of aliphatic imine (C=N–C) groups is 1. The van der Waals surface area contributed by atoms with E-state index < -0.39 is 21.8 Å². The van der Waals surface area contributed by atoms with Gasteiger partial charge in [-0.05, 0) is 48.4 Å². The number of hydrogen-bond donors (Lipinski definition) is 0. The largest absolute Gasteiger partial charge is 0.304 e. The molecular formula is C19H15FN2O2S. The van der Waals surface area contributed by atoms with Crippen LogP contribution in [0.15, 0.2) is 47.5 Å². The lowest BCUT2D eigenvalue weighted by atomic mass is 9.65. The fourth-order valence-corrected chi connectivity index (χ4v) is 4.30. The lowest BCUT2D eigenvalue weighted by Crippen LogP contribution is -2.40. The van der Waals surface area contributed by atoms with Crippen molar-refractivity contribution in [2.75, 3.05) is 0 Å². The van der Waals surface area contributed by atoms with E-state index in [4.69, 9.17) is 12.2 Å². The maximum Gasteiger partial charge on any atom is 0.304 e. The highest BCUT2D eigenvalue weighted by molar-refractivity contribution is 7.80. The van der Waals surface area contributed by atoms with Crippen LogP contribution >= 0.6 is 12.2 Å². The quantitative estimate of drug-likeness (QED) is 0.432. The minimum absolute atomic E-state index is 0.0830. The predicted octanol–water partition coefficient (Wildman–Crippen LogP) is 5.03. The van der Waals surface area contributed by atoms with Crippen LogP contribution in [0.2, 0.25) is 0 Å². The van der Waals surface area contributed by atoms with Gasteiger partial charge in [0.1, 0.15) is 0 Å². The third kappa shape index (κ3) is 2.48. The van der Waals surface area contributed by atoms with Gasteiger partial charge in [-0.15, -0.1) is 0 Å². The Hall–Kier alpha value is -2.47. The van der Waals surface area contributed by atoms with Gasteiger partial charge in [0.2, 0.25) is 5.82 Å². The van der Waals surface area contributed by atoms with Crippen LogP contribution in [0.3, 0.4) is 0 Å². The molecule has 0 amide bonds. The number of rotatable bonds is 2. The Balaban J connectivity index is 1.71. The highest BCUT2D eigenvalue weighted by atomic mass is 32.1. The zero-order valence-corrected chi connectivity index (χ0v) is 14.1. The molecule has 0 saturated heterocycles. The van der Waals surface area contributed by atoms with Gasteiger partial charge in [-0.1, -0.05) is 36.5 Å². The van der Waals surface area contributed by atoms with Crippen molar-refractivity contribution < 1.29 is 9.31 Å². The van der Waals surface area contributed by atoms with E-state index in [-0.39, 0.29) is 5.92 Å². The smallest absolute Gasteiger partial charge is 0.260 e. The van der Waals surface area contributed by atoms with E-state index in [1.54, 1.807) is 6.07 Å². The van der Waals surface area contributed by atoms with E-state index in [0.29, 0.717) is 6.42 Å². The number of para-hydroxylation sites is 1. The third-order valence-corrected chi connectivity index (χ3v) is 5.80. The fraction of sp³-hybridized carbons (Fsp3) is 0.263. The summed E-state index contributed by atoms with van der Waals surface area (Å²) in [6.07, 6.45) is 4.20. The van der Waals surface area contributed by atoms with Crippen LogP contribution in [-0.4, -0.2) is 16.0 Å². The molecule has 126 valence electrons. The van der Waals surface area contributed by atoms with Gasteiger partial charge >= 0.3 is 5.69 Å². The van der Waals surface area contributed by atoms with Gasteiger partial charge in [0, 0.05) is 17.1 Å². The van der Waals surface area contributed by atoms with Gasteiger partial charge in [0.15, 0.2) is 0 Å². The number of halogens is 1. The average Bonchev–Trinajstić information content (AvgIpc) is 2.97. The van der Waals surface area contributed by atoms with E-state index in [9.17, 15) is 14.5 Å². The molecule has 1 fully saturated rings. The molecular weight excluding hydrogens is 339 g/mol. The first-order valence-electron chi connectivity index (χ1n) is 8.13. The van der Waals surface area contributed by atoms with Crippen LogP contribution in [0, 0.1) is 15.9 Å². The summed E-state index contributed by atoms with van der Waals surface area (Å²) in [4.78, 5) is 15.6. The van der Waals surface area contributed by atoms with Crippen LogP contribution in [0.4, 0.5) is 15.8 Å². The first-order valence-corrected chi connectivity index (χ1v) is 8.54. The summed E-state index contributed by atoms with van der Waals surface area (Å²) < 4.78 is 14.0. The molecule has 1 heterocycles. The summed E-state index contributed by atoms with van der Waals surface area (Å²) >= 11 is 5.68. The van der Waals surface area contributed by atoms with E-state index in [0.717, 1.165) is 34.5 Å². The van der Waals surface area contributed by atoms with Gasteiger partial charge < -0.3 is 0 Å². The number of hydrogen-bond acceptors (Lipinski definition) is 4. The second-order valence-corrected chi connectivity index (χ2v) is 7.07. The highest BCUT2D eigenvalue weighted by Crippen LogP contribution is 2.49. The molecule has 0 aromatic heterocycles. The lowest BCUT2D eigenvalue weighted by molar-refractivity contribution is -0.387. The second kappa shape index (κ2) is 5.81. The Labute approximate surface area is 149 Å². The normalized spacial score (nSPS) is 24.5. The Morgan fingerprint density at radius 2 is 2.08 bits per heavy atom. The summed E-state index contributed by atoms with van der Waals surface area (Å²) in [6, 6.07) is 12.2. The zero-order valence-electron chi connectivity index (χ0n) is 13.3. The van der Waals surface area contributed by atoms with Crippen molar-refractivity contribution in [3.63, 3.8) is 0 Å². The summed E-state index contributed by atoms with van der Waals surface area (Å²) in [5.74, 6) is -0.704. The molecule has 2 unspecified atom stereocenters. The number of benzene rings is 2. The predicted molar refractivity (Wildman–Crippen MR) is 98.5 cm³/mol. The van der Waals surface area contributed by atoms with Gasteiger partial charge in [0.25, 0.3) is 0 Å². The van der Waals surface area contributed by atoms with Crippen LogP contribution in [-0.2, 0) is 5.41 Å². The van der Waals surface area contributed by atoms with E-state index in [1.807, 2.05) is 30.5 Å².